The molecule has 6 heteroatoms. The maximum Gasteiger partial charge on any atom is 0.261 e. The Balaban J connectivity index is 1.62. The molecule has 1 saturated carbocycles. The molecule has 0 bridgehead atoms. The van der Waals surface area contributed by atoms with Crippen molar-refractivity contribution in [3.05, 3.63) is 99.5 Å². The summed E-state index contributed by atoms with van der Waals surface area (Å²) in [6, 6.07) is 23.2. The number of benzene rings is 3. The van der Waals surface area contributed by atoms with E-state index in [4.69, 9.17) is 4.74 Å². The minimum Gasteiger partial charge on any atom is -0.483 e. The molecule has 0 heterocycles. The van der Waals surface area contributed by atoms with Crippen molar-refractivity contribution in [2.45, 2.75) is 64.6 Å². The van der Waals surface area contributed by atoms with E-state index in [1.807, 2.05) is 86.6 Å². The molecule has 5 nitrogen and oxygen atoms in total. The van der Waals surface area contributed by atoms with Crippen LogP contribution in [0.3, 0.4) is 0 Å². The van der Waals surface area contributed by atoms with E-state index in [1.54, 1.807) is 4.90 Å². The van der Waals surface area contributed by atoms with Crippen molar-refractivity contribution in [3.8, 4) is 5.75 Å². The van der Waals surface area contributed by atoms with Gasteiger partial charge in [0.25, 0.3) is 5.91 Å². The van der Waals surface area contributed by atoms with Crippen LogP contribution in [-0.4, -0.2) is 35.4 Å². The molecule has 37 heavy (non-hydrogen) atoms. The molecule has 3 aromatic carbocycles. The van der Waals surface area contributed by atoms with Gasteiger partial charge in [-0.25, -0.2) is 0 Å². The van der Waals surface area contributed by atoms with E-state index in [-0.39, 0.29) is 24.5 Å². The van der Waals surface area contributed by atoms with Crippen molar-refractivity contribution in [1.82, 2.24) is 10.2 Å². The lowest BCUT2D eigenvalue weighted by molar-refractivity contribution is -0.143. The normalized spacial score (nSPS) is 14.2. The number of aryl methyl sites for hydroxylation is 2. The molecule has 194 valence electrons. The number of hydrogen-bond acceptors (Lipinski definition) is 3. The molecule has 0 unspecified atom stereocenters. The van der Waals surface area contributed by atoms with Gasteiger partial charge in [-0.1, -0.05) is 83.4 Å². The van der Waals surface area contributed by atoms with E-state index in [2.05, 4.69) is 21.2 Å². The maximum absolute atomic E-state index is 13.8. The van der Waals surface area contributed by atoms with Crippen molar-refractivity contribution in [2.75, 3.05) is 6.61 Å². The molecule has 0 radical (unpaired) electrons. The molecule has 1 fully saturated rings. The fourth-order valence-corrected chi connectivity index (χ4v) is 5.29. The first kappa shape index (κ1) is 26.9. The fraction of sp³-hybridized carbons (Fsp3) is 0.355. The van der Waals surface area contributed by atoms with Crippen molar-refractivity contribution in [2.24, 2.45) is 0 Å². The van der Waals surface area contributed by atoms with Gasteiger partial charge >= 0.3 is 0 Å². The van der Waals surface area contributed by atoms with Gasteiger partial charge < -0.3 is 15.0 Å². The average molecular weight is 564 g/mol. The SMILES string of the molecule is Cc1ccc(C)c(OCC(=O)N(Cc2cccc(Br)c2)[C@@H](Cc2ccccc2)C(=O)NC2CCCC2)c1. The summed E-state index contributed by atoms with van der Waals surface area (Å²) >= 11 is 3.54. The Morgan fingerprint density at radius 2 is 1.70 bits per heavy atom. The number of halogens is 1. The van der Waals surface area contributed by atoms with Crippen molar-refractivity contribution in [1.29, 1.82) is 0 Å². The van der Waals surface area contributed by atoms with Crippen LogP contribution in [0, 0.1) is 13.8 Å². The topological polar surface area (TPSA) is 58.6 Å². The van der Waals surface area contributed by atoms with E-state index in [0.717, 1.165) is 52.4 Å². The minimum atomic E-state index is -0.656. The first-order valence-electron chi connectivity index (χ1n) is 13.0. The summed E-state index contributed by atoms with van der Waals surface area (Å²) in [4.78, 5) is 29.2. The largest absolute Gasteiger partial charge is 0.483 e. The lowest BCUT2D eigenvalue weighted by Gasteiger charge is -2.32. The van der Waals surface area contributed by atoms with E-state index < -0.39 is 6.04 Å². The van der Waals surface area contributed by atoms with Gasteiger partial charge in [0.05, 0.1) is 0 Å². The number of rotatable bonds is 10. The molecule has 2 amide bonds. The van der Waals surface area contributed by atoms with E-state index in [0.29, 0.717) is 18.7 Å². The Bertz CT molecular complexity index is 1210. The number of ether oxygens (including phenoxy) is 1. The molecular weight excluding hydrogens is 528 g/mol. The lowest BCUT2D eigenvalue weighted by atomic mass is 10.0. The highest BCUT2D eigenvalue weighted by molar-refractivity contribution is 9.10. The molecule has 0 aromatic heterocycles. The molecule has 3 aromatic rings. The van der Waals surface area contributed by atoms with Crippen LogP contribution in [0.2, 0.25) is 0 Å². The van der Waals surface area contributed by atoms with E-state index in [9.17, 15) is 9.59 Å². The highest BCUT2D eigenvalue weighted by Gasteiger charge is 2.32. The van der Waals surface area contributed by atoms with Crippen LogP contribution in [-0.2, 0) is 22.6 Å². The molecule has 1 N–H and O–H groups in total. The van der Waals surface area contributed by atoms with Crippen LogP contribution in [0.1, 0.15) is 47.9 Å². The summed E-state index contributed by atoms with van der Waals surface area (Å²) in [5.41, 5.74) is 3.99. The highest BCUT2D eigenvalue weighted by atomic mass is 79.9. The van der Waals surface area contributed by atoms with Crippen molar-refractivity contribution >= 4 is 27.7 Å². The van der Waals surface area contributed by atoms with Crippen LogP contribution in [0.5, 0.6) is 5.75 Å². The van der Waals surface area contributed by atoms with Gasteiger partial charge in [0.1, 0.15) is 11.8 Å². The summed E-state index contributed by atoms with van der Waals surface area (Å²) in [6.07, 6.45) is 4.65. The van der Waals surface area contributed by atoms with Gasteiger partial charge in [-0.15, -0.1) is 0 Å². The van der Waals surface area contributed by atoms with Crippen LogP contribution < -0.4 is 10.1 Å². The number of nitrogens with zero attached hydrogens (tertiary/aromatic N) is 1. The van der Waals surface area contributed by atoms with Crippen LogP contribution in [0.15, 0.2) is 77.3 Å². The van der Waals surface area contributed by atoms with Gasteiger partial charge in [0.15, 0.2) is 6.61 Å². The predicted octanol–water partition coefficient (Wildman–Crippen LogP) is 6.14. The fourth-order valence-electron chi connectivity index (χ4n) is 4.84. The van der Waals surface area contributed by atoms with Gasteiger partial charge in [-0.2, -0.15) is 0 Å². The van der Waals surface area contributed by atoms with Crippen LogP contribution >= 0.6 is 15.9 Å². The third-order valence-electron chi connectivity index (χ3n) is 6.91. The quantitative estimate of drug-likeness (QED) is 0.322. The molecule has 4 rings (SSSR count). The molecule has 1 aliphatic carbocycles. The molecule has 1 atom stereocenters. The van der Waals surface area contributed by atoms with Crippen LogP contribution in [0.4, 0.5) is 0 Å². The summed E-state index contributed by atoms with van der Waals surface area (Å²) < 4.78 is 6.93. The second-order valence-corrected chi connectivity index (χ2v) is 10.8. The van der Waals surface area contributed by atoms with Gasteiger partial charge in [-0.3, -0.25) is 9.59 Å². The monoisotopic (exact) mass is 562 g/mol. The van der Waals surface area contributed by atoms with E-state index in [1.165, 1.54) is 0 Å². The third-order valence-corrected chi connectivity index (χ3v) is 7.40. The first-order valence-corrected chi connectivity index (χ1v) is 13.8. The van der Waals surface area contributed by atoms with E-state index >= 15 is 0 Å². The van der Waals surface area contributed by atoms with Gasteiger partial charge in [0.2, 0.25) is 5.91 Å². The summed E-state index contributed by atoms with van der Waals surface area (Å²) in [5.74, 6) is 0.361. The number of carbonyl (C=O) groups is 2. The summed E-state index contributed by atoms with van der Waals surface area (Å²) in [7, 11) is 0. The second-order valence-electron chi connectivity index (χ2n) is 9.90. The zero-order chi connectivity index (χ0) is 26.2. The zero-order valence-electron chi connectivity index (χ0n) is 21.6. The Kier molecular flexibility index (Phi) is 9.40. The Hall–Kier alpha value is -3.12. The molecule has 0 aliphatic heterocycles. The minimum absolute atomic E-state index is 0.106. The van der Waals surface area contributed by atoms with Crippen molar-refractivity contribution in [3.63, 3.8) is 0 Å². The van der Waals surface area contributed by atoms with Gasteiger partial charge in [0, 0.05) is 23.5 Å². The second kappa shape index (κ2) is 12.9. The maximum atomic E-state index is 13.8. The Morgan fingerprint density at radius 1 is 0.973 bits per heavy atom. The lowest BCUT2D eigenvalue weighted by Crippen LogP contribution is -2.53. The average Bonchev–Trinajstić information content (AvgIpc) is 3.40. The summed E-state index contributed by atoms with van der Waals surface area (Å²) in [5, 5.41) is 3.24. The van der Waals surface area contributed by atoms with Crippen molar-refractivity contribution < 1.29 is 14.3 Å². The molecule has 0 saturated heterocycles. The first-order chi connectivity index (χ1) is 17.9. The number of hydrogen-bond donors (Lipinski definition) is 1. The van der Waals surface area contributed by atoms with Gasteiger partial charge in [-0.05, 0) is 67.1 Å². The molecule has 0 spiro atoms. The standard InChI is InChI=1S/C31H35BrN2O3/c1-22-15-16-23(2)29(17-22)37-21-30(35)34(20-25-11-8-12-26(32)18-25)28(19-24-9-4-3-5-10-24)31(36)33-27-13-6-7-14-27/h3-5,8-12,15-18,27-28H,6-7,13-14,19-21H2,1-2H3,(H,33,36)/t28-/m0/s1. The number of carbonyl (C=O) groups excluding carboxylic acids is 2. The number of nitrogens with one attached hydrogen (secondary N) is 1. The Morgan fingerprint density at radius 3 is 2.43 bits per heavy atom. The zero-order valence-corrected chi connectivity index (χ0v) is 23.2. The molecule has 1 aliphatic rings. The molecular formula is C31H35BrN2O3. The predicted molar refractivity (Wildman–Crippen MR) is 150 cm³/mol. The third kappa shape index (κ3) is 7.68. The highest BCUT2D eigenvalue weighted by Crippen LogP contribution is 2.22. The van der Waals surface area contributed by atoms with Crippen LogP contribution in [0.25, 0.3) is 0 Å². The number of amides is 2. The summed E-state index contributed by atoms with van der Waals surface area (Å²) in [6.45, 7) is 4.13. The smallest absolute Gasteiger partial charge is 0.261 e. The Labute approximate surface area is 228 Å².